The number of rotatable bonds is 3. The second-order valence-electron chi connectivity index (χ2n) is 5.72. The molecule has 24 heavy (non-hydrogen) atoms. The highest BCUT2D eigenvalue weighted by molar-refractivity contribution is 5.86. The van der Waals surface area contributed by atoms with Crippen LogP contribution in [0.4, 0.5) is 0 Å². The molecule has 0 radical (unpaired) electrons. The topological polar surface area (TPSA) is 66.2 Å². The summed E-state index contributed by atoms with van der Waals surface area (Å²) in [7, 11) is 0. The van der Waals surface area contributed by atoms with E-state index in [0.717, 1.165) is 21.5 Å². The Kier molecular flexibility index (Phi) is 3.69. The van der Waals surface area contributed by atoms with Crippen LogP contribution in [0.5, 0.6) is 0 Å². The van der Waals surface area contributed by atoms with Crippen LogP contribution in [0, 0.1) is 0 Å². The van der Waals surface area contributed by atoms with Gasteiger partial charge in [0.05, 0.1) is 11.4 Å². The Bertz CT molecular complexity index is 922. The van der Waals surface area contributed by atoms with Crippen molar-refractivity contribution in [1.82, 2.24) is 9.97 Å². The van der Waals surface area contributed by atoms with Crippen molar-refractivity contribution in [3.05, 3.63) is 84.4 Å². The third-order valence-electron chi connectivity index (χ3n) is 4.27. The summed E-state index contributed by atoms with van der Waals surface area (Å²) in [5.74, 6) is 0. The molecular weight excluding hydrogens is 300 g/mol. The molecule has 4 aromatic rings. The molecular formula is C20H16N2O2. The van der Waals surface area contributed by atoms with Crippen LogP contribution in [-0.2, 0) is 0 Å². The van der Waals surface area contributed by atoms with Crippen LogP contribution < -0.4 is 0 Å². The van der Waals surface area contributed by atoms with Gasteiger partial charge in [-0.25, -0.2) is 0 Å². The number of hydrogen-bond donors (Lipinski definition) is 2. The normalized spacial score (nSPS) is 13.9. The highest BCUT2D eigenvalue weighted by Crippen LogP contribution is 2.33. The van der Waals surface area contributed by atoms with Gasteiger partial charge in [0.15, 0.2) is 0 Å². The smallest absolute Gasteiger partial charge is 0.128 e. The van der Waals surface area contributed by atoms with E-state index < -0.39 is 12.2 Å². The zero-order valence-electron chi connectivity index (χ0n) is 12.9. The van der Waals surface area contributed by atoms with Gasteiger partial charge in [-0.3, -0.25) is 9.97 Å². The van der Waals surface area contributed by atoms with E-state index in [2.05, 4.69) is 9.97 Å². The average Bonchev–Trinajstić information content (AvgIpc) is 2.66. The van der Waals surface area contributed by atoms with Crippen molar-refractivity contribution in [1.29, 1.82) is 0 Å². The van der Waals surface area contributed by atoms with Gasteiger partial charge in [-0.1, -0.05) is 48.5 Å². The van der Waals surface area contributed by atoms with Crippen molar-refractivity contribution < 1.29 is 10.2 Å². The first kappa shape index (κ1) is 14.8. The van der Waals surface area contributed by atoms with Crippen LogP contribution in [0.1, 0.15) is 23.6 Å². The maximum Gasteiger partial charge on any atom is 0.128 e. The second-order valence-corrected chi connectivity index (χ2v) is 5.72. The molecule has 2 N–H and O–H groups in total. The SMILES string of the molecule is O[C@H](c1nccc2ccccc12)[C@@H](O)c1nccc2ccccc12. The fourth-order valence-corrected chi connectivity index (χ4v) is 3.06. The maximum absolute atomic E-state index is 10.7. The first-order chi connectivity index (χ1) is 11.8. The Morgan fingerprint density at radius 2 is 1.00 bits per heavy atom. The van der Waals surface area contributed by atoms with Crippen molar-refractivity contribution in [2.24, 2.45) is 0 Å². The molecule has 0 spiro atoms. The molecule has 0 amide bonds. The van der Waals surface area contributed by atoms with Crippen molar-refractivity contribution in [2.75, 3.05) is 0 Å². The molecule has 0 fully saturated rings. The summed E-state index contributed by atoms with van der Waals surface area (Å²) in [6, 6.07) is 19.1. The van der Waals surface area contributed by atoms with Gasteiger partial charge in [0.2, 0.25) is 0 Å². The van der Waals surface area contributed by atoms with Gasteiger partial charge in [0.1, 0.15) is 12.2 Å². The lowest BCUT2D eigenvalue weighted by Crippen LogP contribution is -2.14. The lowest BCUT2D eigenvalue weighted by molar-refractivity contribution is 0.0140. The maximum atomic E-state index is 10.7. The Morgan fingerprint density at radius 1 is 0.583 bits per heavy atom. The third-order valence-corrected chi connectivity index (χ3v) is 4.27. The number of aliphatic hydroxyl groups is 2. The molecule has 0 aliphatic carbocycles. The summed E-state index contributed by atoms with van der Waals surface area (Å²) in [6.45, 7) is 0. The fourth-order valence-electron chi connectivity index (χ4n) is 3.06. The van der Waals surface area contributed by atoms with Crippen molar-refractivity contribution in [2.45, 2.75) is 12.2 Å². The number of nitrogens with zero attached hydrogens (tertiary/aromatic N) is 2. The van der Waals surface area contributed by atoms with Crippen LogP contribution in [0.2, 0.25) is 0 Å². The van der Waals surface area contributed by atoms with Crippen LogP contribution in [0.15, 0.2) is 73.1 Å². The van der Waals surface area contributed by atoms with E-state index in [1.807, 2.05) is 60.7 Å². The minimum Gasteiger partial charge on any atom is -0.384 e. The van der Waals surface area contributed by atoms with Crippen LogP contribution in [0.3, 0.4) is 0 Å². The summed E-state index contributed by atoms with van der Waals surface area (Å²) < 4.78 is 0. The molecule has 0 bridgehead atoms. The Morgan fingerprint density at radius 3 is 1.46 bits per heavy atom. The molecule has 2 aromatic heterocycles. The van der Waals surface area contributed by atoms with Crippen molar-refractivity contribution in [3.8, 4) is 0 Å². The predicted octanol–water partition coefficient (Wildman–Crippen LogP) is 3.55. The Labute approximate surface area is 139 Å². The van der Waals surface area contributed by atoms with Gasteiger partial charge in [0, 0.05) is 23.2 Å². The predicted molar refractivity (Wildman–Crippen MR) is 93.4 cm³/mol. The molecule has 2 heterocycles. The Balaban J connectivity index is 1.82. The van der Waals surface area contributed by atoms with Crippen molar-refractivity contribution >= 4 is 21.5 Å². The molecule has 4 heteroatoms. The second kappa shape index (κ2) is 6.00. The molecule has 0 saturated carbocycles. The summed E-state index contributed by atoms with van der Waals surface area (Å²) in [4.78, 5) is 8.59. The van der Waals surface area contributed by atoms with Gasteiger partial charge < -0.3 is 10.2 Å². The van der Waals surface area contributed by atoms with Gasteiger partial charge in [-0.05, 0) is 22.9 Å². The minimum atomic E-state index is -1.16. The first-order valence-corrected chi connectivity index (χ1v) is 7.79. The number of benzene rings is 2. The number of aromatic nitrogens is 2. The number of pyridine rings is 2. The van der Waals surface area contributed by atoms with Gasteiger partial charge >= 0.3 is 0 Å². The van der Waals surface area contributed by atoms with E-state index in [1.165, 1.54) is 0 Å². The fraction of sp³-hybridized carbons (Fsp3) is 0.100. The molecule has 2 atom stereocenters. The van der Waals surface area contributed by atoms with Gasteiger partial charge in [-0.2, -0.15) is 0 Å². The van der Waals surface area contributed by atoms with Gasteiger partial charge in [-0.15, -0.1) is 0 Å². The van der Waals surface area contributed by atoms with E-state index in [9.17, 15) is 10.2 Å². The number of aliphatic hydroxyl groups excluding tert-OH is 2. The highest BCUT2D eigenvalue weighted by atomic mass is 16.3. The Hall–Kier alpha value is -2.82. The lowest BCUT2D eigenvalue weighted by atomic mass is 9.98. The number of hydrogen-bond acceptors (Lipinski definition) is 4. The highest BCUT2D eigenvalue weighted by Gasteiger charge is 2.25. The summed E-state index contributed by atoms with van der Waals surface area (Å²) >= 11 is 0. The quantitative estimate of drug-likeness (QED) is 0.606. The van der Waals surface area contributed by atoms with E-state index >= 15 is 0 Å². The first-order valence-electron chi connectivity index (χ1n) is 7.79. The third kappa shape index (κ3) is 2.42. The zero-order valence-corrected chi connectivity index (χ0v) is 12.9. The van der Waals surface area contributed by atoms with E-state index in [0.29, 0.717) is 11.4 Å². The minimum absolute atomic E-state index is 0.454. The molecule has 0 saturated heterocycles. The molecule has 0 unspecified atom stereocenters. The molecule has 118 valence electrons. The monoisotopic (exact) mass is 316 g/mol. The summed E-state index contributed by atoms with van der Waals surface area (Å²) in [6.07, 6.45) is 0.970. The summed E-state index contributed by atoms with van der Waals surface area (Å²) in [5, 5.41) is 25.1. The molecule has 2 aromatic carbocycles. The van der Waals surface area contributed by atoms with Gasteiger partial charge in [0.25, 0.3) is 0 Å². The standard InChI is InChI=1S/C20H16N2O2/c23-19(17-15-7-3-1-5-13(15)9-11-21-17)20(24)18-16-8-4-2-6-14(16)10-12-22-18/h1-12,19-20,23-24H/t19-,20+. The molecule has 4 nitrogen and oxygen atoms in total. The average molecular weight is 316 g/mol. The van der Waals surface area contributed by atoms with E-state index in [4.69, 9.17) is 0 Å². The van der Waals surface area contributed by atoms with Crippen LogP contribution in [0.25, 0.3) is 21.5 Å². The molecule has 0 aliphatic heterocycles. The molecule has 0 aliphatic rings. The van der Waals surface area contributed by atoms with Crippen LogP contribution >= 0.6 is 0 Å². The summed E-state index contributed by atoms with van der Waals surface area (Å²) in [5.41, 5.74) is 0.908. The zero-order chi connectivity index (χ0) is 16.5. The lowest BCUT2D eigenvalue weighted by Gasteiger charge is -2.19. The van der Waals surface area contributed by atoms with Crippen LogP contribution in [-0.4, -0.2) is 20.2 Å². The number of fused-ring (bicyclic) bond motifs is 2. The largest absolute Gasteiger partial charge is 0.384 e. The van der Waals surface area contributed by atoms with Crippen molar-refractivity contribution in [3.63, 3.8) is 0 Å². The van der Waals surface area contributed by atoms with E-state index in [1.54, 1.807) is 12.4 Å². The van der Waals surface area contributed by atoms with E-state index in [-0.39, 0.29) is 0 Å². The molecule has 4 rings (SSSR count).